The Morgan fingerprint density at radius 1 is 0.800 bits per heavy atom. The number of unbranched alkanes of at least 4 members (excludes halogenated alkanes) is 11. The van der Waals surface area contributed by atoms with Crippen LogP contribution in [0.2, 0.25) is 0 Å². The van der Waals surface area contributed by atoms with Gasteiger partial charge in [-0.1, -0.05) is 83.3 Å². The van der Waals surface area contributed by atoms with Gasteiger partial charge in [-0.05, 0) is 19.3 Å². The summed E-state index contributed by atoms with van der Waals surface area (Å²) in [5.41, 5.74) is 5.62. The molecular weight excluding hydrogens is 246 g/mol. The molecule has 0 spiro atoms. The number of rotatable bonds is 15. The average molecular weight is 284 g/mol. The first-order valence-electron chi connectivity index (χ1n) is 8.82. The molecule has 0 aromatic heterocycles. The van der Waals surface area contributed by atoms with Crippen LogP contribution in [0.4, 0.5) is 0 Å². The average Bonchev–Trinajstić information content (AvgIpc) is 2.47. The fourth-order valence-corrected chi connectivity index (χ4v) is 2.39. The summed E-state index contributed by atoms with van der Waals surface area (Å²) < 4.78 is 0. The van der Waals surface area contributed by atoms with Gasteiger partial charge in [0.2, 0.25) is 0 Å². The minimum atomic E-state index is -0.0800. The topological polar surface area (TPSA) is 46.2 Å². The van der Waals surface area contributed by atoms with E-state index >= 15 is 0 Å². The second-order valence-electron chi connectivity index (χ2n) is 5.97. The molecule has 2 heteroatoms. The standard InChI is InChI=1S/C18H37NO/c1-2-3-4-5-6-7-8-9-10-11-12-13-14-15-16-18(19)17-20/h14-15,18,20H,2-13,16-17,19H2,1H3/b15-14-/t18-/m1/s1. The molecule has 20 heavy (non-hydrogen) atoms. The van der Waals surface area contributed by atoms with Crippen LogP contribution >= 0.6 is 0 Å². The van der Waals surface area contributed by atoms with Crippen LogP contribution in [0.3, 0.4) is 0 Å². The predicted molar refractivity (Wildman–Crippen MR) is 89.9 cm³/mol. The SMILES string of the molecule is CCCCCCCCCCCCC/C=C\C[C@@H](N)CO. The Balaban J connectivity index is 3.06. The first kappa shape index (κ1) is 19.7. The van der Waals surface area contributed by atoms with Crippen molar-refractivity contribution in [3.8, 4) is 0 Å². The van der Waals surface area contributed by atoms with Gasteiger partial charge in [0.05, 0.1) is 6.61 Å². The largest absolute Gasteiger partial charge is 0.395 e. The van der Waals surface area contributed by atoms with E-state index < -0.39 is 0 Å². The summed E-state index contributed by atoms with van der Waals surface area (Å²) in [6, 6.07) is -0.0800. The smallest absolute Gasteiger partial charge is 0.0585 e. The van der Waals surface area contributed by atoms with E-state index in [0.29, 0.717) is 0 Å². The zero-order valence-corrected chi connectivity index (χ0v) is 13.7. The lowest BCUT2D eigenvalue weighted by Gasteiger charge is -2.03. The molecule has 0 bridgehead atoms. The summed E-state index contributed by atoms with van der Waals surface area (Å²) in [7, 11) is 0. The second kappa shape index (κ2) is 16.7. The number of allylic oxidation sites excluding steroid dienone is 1. The third-order valence-electron chi connectivity index (χ3n) is 3.81. The van der Waals surface area contributed by atoms with Crippen molar-refractivity contribution in [3.05, 3.63) is 12.2 Å². The van der Waals surface area contributed by atoms with E-state index in [1.54, 1.807) is 0 Å². The highest BCUT2D eigenvalue weighted by molar-refractivity contribution is 4.85. The maximum atomic E-state index is 8.78. The van der Waals surface area contributed by atoms with Gasteiger partial charge in [0.15, 0.2) is 0 Å². The van der Waals surface area contributed by atoms with E-state index in [1.165, 1.54) is 70.6 Å². The molecule has 0 aromatic rings. The maximum Gasteiger partial charge on any atom is 0.0585 e. The van der Waals surface area contributed by atoms with E-state index in [4.69, 9.17) is 10.8 Å². The Morgan fingerprint density at radius 3 is 1.80 bits per heavy atom. The minimum Gasteiger partial charge on any atom is -0.395 e. The third-order valence-corrected chi connectivity index (χ3v) is 3.81. The Morgan fingerprint density at radius 2 is 1.30 bits per heavy atom. The van der Waals surface area contributed by atoms with Crippen LogP contribution in [-0.4, -0.2) is 17.8 Å². The van der Waals surface area contributed by atoms with Gasteiger partial charge >= 0.3 is 0 Å². The van der Waals surface area contributed by atoms with Crippen molar-refractivity contribution in [3.63, 3.8) is 0 Å². The summed E-state index contributed by atoms with van der Waals surface area (Å²) in [4.78, 5) is 0. The zero-order chi connectivity index (χ0) is 14.9. The summed E-state index contributed by atoms with van der Waals surface area (Å²) in [6.45, 7) is 2.36. The van der Waals surface area contributed by atoms with Crippen molar-refractivity contribution < 1.29 is 5.11 Å². The minimum absolute atomic E-state index is 0.0800. The van der Waals surface area contributed by atoms with E-state index in [0.717, 1.165) is 12.8 Å². The van der Waals surface area contributed by atoms with Gasteiger partial charge in [-0.2, -0.15) is 0 Å². The Labute approximate surface area is 126 Å². The zero-order valence-electron chi connectivity index (χ0n) is 13.7. The van der Waals surface area contributed by atoms with Gasteiger partial charge in [-0.3, -0.25) is 0 Å². The molecule has 0 aliphatic heterocycles. The lowest BCUT2D eigenvalue weighted by molar-refractivity contribution is 0.266. The molecule has 2 nitrogen and oxygen atoms in total. The van der Waals surface area contributed by atoms with Crippen LogP contribution < -0.4 is 5.73 Å². The van der Waals surface area contributed by atoms with Crippen molar-refractivity contribution >= 4 is 0 Å². The molecule has 0 radical (unpaired) electrons. The first-order chi connectivity index (χ1) is 9.81. The molecular formula is C18H37NO. The monoisotopic (exact) mass is 283 g/mol. The van der Waals surface area contributed by atoms with Gasteiger partial charge in [0.1, 0.15) is 0 Å². The van der Waals surface area contributed by atoms with Crippen LogP contribution in [0.15, 0.2) is 12.2 Å². The first-order valence-corrected chi connectivity index (χ1v) is 8.82. The summed E-state index contributed by atoms with van der Waals surface area (Å²) in [5, 5.41) is 8.78. The molecule has 0 amide bonds. The fourth-order valence-electron chi connectivity index (χ4n) is 2.39. The molecule has 0 saturated carbocycles. The lowest BCUT2D eigenvalue weighted by atomic mass is 10.1. The van der Waals surface area contributed by atoms with Gasteiger partial charge in [-0.25, -0.2) is 0 Å². The summed E-state index contributed by atoms with van der Waals surface area (Å²) in [6.07, 6.45) is 21.7. The second-order valence-corrected chi connectivity index (χ2v) is 5.97. The van der Waals surface area contributed by atoms with E-state index in [2.05, 4.69) is 19.1 Å². The molecule has 0 aliphatic carbocycles. The van der Waals surface area contributed by atoms with Gasteiger partial charge < -0.3 is 10.8 Å². The Kier molecular flexibility index (Phi) is 16.4. The quantitative estimate of drug-likeness (QED) is 0.330. The molecule has 3 N–H and O–H groups in total. The molecule has 0 saturated heterocycles. The number of nitrogens with two attached hydrogens (primary N) is 1. The molecule has 0 rings (SSSR count). The summed E-state index contributed by atoms with van der Waals surface area (Å²) in [5.74, 6) is 0. The van der Waals surface area contributed by atoms with Crippen molar-refractivity contribution in [1.29, 1.82) is 0 Å². The molecule has 120 valence electrons. The molecule has 0 heterocycles. The molecule has 0 aromatic carbocycles. The maximum absolute atomic E-state index is 8.78. The number of hydrogen-bond acceptors (Lipinski definition) is 2. The summed E-state index contributed by atoms with van der Waals surface area (Å²) >= 11 is 0. The third kappa shape index (κ3) is 15.7. The molecule has 0 aliphatic rings. The van der Waals surface area contributed by atoms with Gasteiger partial charge in [0.25, 0.3) is 0 Å². The van der Waals surface area contributed by atoms with Gasteiger partial charge in [-0.15, -0.1) is 0 Å². The number of aliphatic hydroxyl groups excluding tert-OH is 1. The van der Waals surface area contributed by atoms with Crippen molar-refractivity contribution in [2.75, 3.05) is 6.61 Å². The lowest BCUT2D eigenvalue weighted by Crippen LogP contribution is -2.22. The van der Waals surface area contributed by atoms with Crippen molar-refractivity contribution in [2.24, 2.45) is 5.73 Å². The Bertz CT molecular complexity index is 204. The van der Waals surface area contributed by atoms with Crippen LogP contribution in [0.5, 0.6) is 0 Å². The van der Waals surface area contributed by atoms with Crippen molar-refractivity contribution in [2.45, 2.75) is 96.4 Å². The highest BCUT2D eigenvalue weighted by atomic mass is 16.3. The van der Waals surface area contributed by atoms with Crippen molar-refractivity contribution in [1.82, 2.24) is 0 Å². The van der Waals surface area contributed by atoms with Crippen LogP contribution in [-0.2, 0) is 0 Å². The highest BCUT2D eigenvalue weighted by Crippen LogP contribution is 2.12. The van der Waals surface area contributed by atoms with E-state index in [-0.39, 0.29) is 12.6 Å². The molecule has 0 fully saturated rings. The molecule has 0 unspecified atom stereocenters. The van der Waals surface area contributed by atoms with Crippen LogP contribution in [0, 0.1) is 0 Å². The number of aliphatic hydroxyl groups is 1. The van der Waals surface area contributed by atoms with E-state index in [9.17, 15) is 0 Å². The normalized spacial score (nSPS) is 13.2. The van der Waals surface area contributed by atoms with E-state index in [1.807, 2.05) is 0 Å². The Hall–Kier alpha value is -0.340. The predicted octanol–water partition coefficient (Wildman–Crippen LogP) is 4.95. The van der Waals surface area contributed by atoms with Crippen LogP contribution in [0.25, 0.3) is 0 Å². The molecule has 1 atom stereocenters. The highest BCUT2D eigenvalue weighted by Gasteiger charge is 1.95. The van der Waals surface area contributed by atoms with Gasteiger partial charge in [0, 0.05) is 6.04 Å². The fraction of sp³-hybridized carbons (Fsp3) is 0.889. The van der Waals surface area contributed by atoms with Crippen LogP contribution in [0.1, 0.15) is 90.4 Å². The number of hydrogen-bond donors (Lipinski definition) is 2.